The van der Waals surface area contributed by atoms with Crippen molar-refractivity contribution in [2.75, 3.05) is 5.32 Å². The Morgan fingerprint density at radius 2 is 1.78 bits per heavy atom. The molecule has 2 aromatic carbocycles. The zero-order valence-corrected chi connectivity index (χ0v) is 13.7. The molecule has 5 heteroatoms. The lowest BCUT2D eigenvalue weighted by molar-refractivity contribution is 0.103. The summed E-state index contributed by atoms with van der Waals surface area (Å²) in [6.07, 6.45) is 0. The molecule has 23 heavy (non-hydrogen) atoms. The van der Waals surface area contributed by atoms with Crippen LogP contribution in [-0.4, -0.2) is 10.9 Å². The molecule has 2 heterocycles. The summed E-state index contributed by atoms with van der Waals surface area (Å²) < 4.78 is 1.14. The zero-order valence-electron chi connectivity index (χ0n) is 12.0. The van der Waals surface area contributed by atoms with Gasteiger partial charge in [0, 0.05) is 5.56 Å². The van der Waals surface area contributed by atoms with E-state index < -0.39 is 0 Å². The van der Waals surface area contributed by atoms with E-state index in [1.807, 2.05) is 60.0 Å². The Morgan fingerprint density at radius 3 is 2.61 bits per heavy atom. The van der Waals surface area contributed by atoms with E-state index in [1.54, 1.807) is 11.3 Å². The third-order valence-corrected chi connectivity index (χ3v) is 5.38. The van der Waals surface area contributed by atoms with Crippen LogP contribution >= 0.6 is 22.7 Å². The van der Waals surface area contributed by atoms with Crippen molar-refractivity contribution in [1.29, 1.82) is 0 Å². The van der Waals surface area contributed by atoms with Crippen LogP contribution in [0, 0.1) is 0 Å². The molecule has 0 unspecified atom stereocenters. The van der Waals surface area contributed by atoms with Crippen molar-refractivity contribution in [1.82, 2.24) is 4.98 Å². The van der Waals surface area contributed by atoms with Crippen LogP contribution in [0.3, 0.4) is 0 Å². The van der Waals surface area contributed by atoms with Crippen molar-refractivity contribution in [3.8, 4) is 10.6 Å². The fraction of sp³-hybridized carbons (Fsp3) is 0. The molecule has 0 spiro atoms. The Hall–Kier alpha value is -2.50. The van der Waals surface area contributed by atoms with E-state index in [9.17, 15) is 4.79 Å². The first-order valence-corrected chi connectivity index (χ1v) is 8.81. The van der Waals surface area contributed by atoms with Crippen LogP contribution in [0.1, 0.15) is 9.67 Å². The molecule has 0 radical (unpaired) electrons. The van der Waals surface area contributed by atoms with E-state index in [1.165, 1.54) is 11.3 Å². The number of nitrogens with one attached hydrogen (secondary N) is 1. The highest BCUT2D eigenvalue weighted by Crippen LogP contribution is 2.34. The van der Waals surface area contributed by atoms with E-state index in [0.717, 1.165) is 26.5 Å². The summed E-state index contributed by atoms with van der Waals surface area (Å²) in [7, 11) is 0. The maximum atomic E-state index is 12.3. The predicted molar refractivity (Wildman–Crippen MR) is 97.3 cm³/mol. The topological polar surface area (TPSA) is 42.0 Å². The van der Waals surface area contributed by atoms with Gasteiger partial charge in [-0.3, -0.25) is 4.79 Å². The van der Waals surface area contributed by atoms with E-state index >= 15 is 0 Å². The van der Waals surface area contributed by atoms with E-state index in [0.29, 0.717) is 4.88 Å². The number of thiophene rings is 1. The largest absolute Gasteiger partial charge is 0.321 e. The lowest BCUT2D eigenvalue weighted by atomic mass is 10.2. The monoisotopic (exact) mass is 336 g/mol. The van der Waals surface area contributed by atoms with Gasteiger partial charge in [0.1, 0.15) is 5.01 Å². The van der Waals surface area contributed by atoms with Gasteiger partial charge in [-0.1, -0.05) is 30.3 Å². The van der Waals surface area contributed by atoms with Crippen LogP contribution in [0.2, 0.25) is 0 Å². The molecule has 2 aromatic heterocycles. The number of hydrogen-bond donors (Lipinski definition) is 1. The molecule has 0 aliphatic rings. The molecule has 0 atom stereocenters. The molecule has 0 bridgehead atoms. The lowest BCUT2D eigenvalue weighted by Gasteiger charge is -2.08. The molecular weight excluding hydrogens is 324 g/mol. The number of anilines is 1. The second-order valence-corrected chi connectivity index (χ2v) is 6.94. The summed E-state index contributed by atoms with van der Waals surface area (Å²) in [6, 6.07) is 19.5. The van der Waals surface area contributed by atoms with Gasteiger partial charge >= 0.3 is 0 Å². The quantitative estimate of drug-likeness (QED) is 0.553. The second-order valence-electron chi connectivity index (χ2n) is 4.96. The summed E-state index contributed by atoms with van der Waals surface area (Å²) in [6.45, 7) is 0. The maximum absolute atomic E-state index is 12.3. The highest BCUT2D eigenvalue weighted by atomic mass is 32.1. The zero-order chi connectivity index (χ0) is 15.6. The molecule has 0 aliphatic carbocycles. The van der Waals surface area contributed by atoms with Crippen molar-refractivity contribution >= 4 is 44.5 Å². The molecule has 1 N–H and O–H groups in total. The second kappa shape index (κ2) is 5.95. The minimum atomic E-state index is -0.0893. The molecule has 0 aliphatic heterocycles. The van der Waals surface area contributed by atoms with Crippen LogP contribution in [0.25, 0.3) is 20.8 Å². The Bertz CT molecular complexity index is 941. The number of amides is 1. The van der Waals surface area contributed by atoms with Crippen LogP contribution < -0.4 is 5.32 Å². The molecular formula is C18H12N2OS2. The Labute approximate surface area is 141 Å². The first-order valence-electron chi connectivity index (χ1n) is 7.11. The van der Waals surface area contributed by atoms with E-state index in [4.69, 9.17) is 0 Å². The van der Waals surface area contributed by atoms with Gasteiger partial charge in [-0.25, -0.2) is 4.98 Å². The molecule has 1 amide bonds. The molecule has 3 nitrogen and oxygen atoms in total. The molecule has 4 aromatic rings. The number of thiazole rings is 1. The van der Waals surface area contributed by atoms with Crippen LogP contribution in [0.4, 0.5) is 5.69 Å². The molecule has 0 fully saturated rings. The van der Waals surface area contributed by atoms with Crippen LogP contribution in [0.15, 0.2) is 66.0 Å². The summed E-state index contributed by atoms with van der Waals surface area (Å²) in [4.78, 5) is 17.7. The number of fused-ring (bicyclic) bond motifs is 1. The summed E-state index contributed by atoms with van der Waals surface area (Å²) >= 11 is 3.06. The van der Waals surface area contributed by atoms with Crippen molar-refractivity contribution < 1.29 is 4.79 Å². The smallest absolute Gasteiger partial charge is 0.265 e. The average Bonchev–Trinajstić information content (AvgIpc) is 3.25. The van der Waals surface area contributed by atoms with Gasteiger partial charge in [0.2, 0.25) is 0 Å². The van der Waals surface area contributed by atoms with Crippen molar-refractivity contribution in [2.24, 2.45) is 0 Å². The average molecular weight is 336 g/mol. The summed E-state index contributed by atoms with van der Waals surface area (Å²) in [5, 5.41) is 5.80. The Morgan fingerprint density at radius 1 is 0.957 bits per heavy atom. The van der Waals surface area contributed by atoms with E-state index in [-0.39, 0.29) is 5.91 Å². The Kier molecular flexibility index (Phi) is 3.65. The van der Waals surface area contributed by atoms with Gasteiger partial charge < -0.3 is 5.32 Å². The SMILES string of the molecule is O=C(Nc1ccccc1-c1nc2ccccc2s1)c1cccs1. The molecule has 0 saturated carbocycles. The lowest BCUT2D eigenvalue weighted by Crippen LogP contribution is -2.10. The Balaban J connectivity index is 1.73. The molecule has 0 saturated heterocycles. The van der Waals surface area contributed by atoms with Gasteiger partial charge in [0.15, 0.2) is 0 Å². The first kappa shape index (κ1) is 14.1. The highest BCUT2D eigenvalue weighted by Gasteiger charge is 2.13. The van der Waals surface area contributed by atoms with Crippen molar-refractivity contribution in [2.45, 2.75) is 0 Å². The van der Waals surface area contributed by atoms with Gasteiger partial charge in [-0.05, 0) is 35.7 Å². The van der Waals surface area contributed by atoms with E-state index in [2.05, 4.69) is 16.4 Å². The normalized spacial score (nSPS) is 10.8. The summed E-state index contributed by atoms with van der Waals surface area (Å²) in [5.74, 6) is -0.0893. The number of carbonyl (C=O) groups is 1. The first-order chi connectivity index (χ1) is 11.3. The van der Waals surface area contributed by atoms with Crippen molar-refractivity contribution in [3.63, 3.8) is 0 Å². The number of carbonyl (C=O) groups excluding carboxylic acids is 1. The third-order valence-electron chi connectivity index (χ3n) is 3.44. The number of rotatable bonds is 3. The highest BCUT2D eigenvalue weighted by molar-refractivity contribution is 7.21. The summed E-state index contributed by atoms with van der Waals surface area (Å²) in [5.41, 5.74) is 2.70. The van der Waals surface area contributed by atoms with Gasteiger partial charge in [0.25, 0.3) is 5.91 Å². The minimum Gasteiger partial charge on any atom is -0.321 e. The number of para-hydroxylation sites is 2. The third kappa shape index (κ3) is 2.76. The fourth-order valence-corrected chi connectivity index (χ4v) is 3.98. The predicted octanol–water partition coefficient (Wildman–Crippen LogP) is 5.28. The van der Waals surface area contributed by atoms with Crippen LogP contribution in [-0.2, 0) is 0 Å². The molecule has 112 valence electrons. The number of aromatic nitrogens is 1. The fourth-order valence-electron chi connectivity index (χ4n) is 2.36. The van der Waals surface area contributed by atoms with Gasteiger partial charge in [-0.2, -0.15) is 0 Å². The van der Waals surface area contributed by atoms with Crippen LogP contribution in [0.5, 0.6) is 0 Å². The number of benzene rings is 2. The van der Waals surface area contributed by atoms with Gasteiger partial charge in [-0.15, -0.1) is 22.7 Å². The number of nitrogens with zero attached hydrogens (tertiary/aromatic N) is 1. The number of hydrogen-bond acceptors (Lipinski definition) is 4. The standard InChI is InChI=1S/C18H12N2OS2/c21-17(16-10-5-11-22-16)19-13-7-2-1-6-12(13)18-20-14-8-3-4-9-15(14)23-18/h1-11H,(H,19,21). The minimum absolute atomic E-state index is 0.0893. The van der Waals surface area contributed by atoms with Crippen molar-refractivity contribution in [3.05, 3.63) is 70.9 Å². The van der Waals surface area contributed by atoms with Gasteiger partial charge in [0.05, 0.1) is 20.8 Å². The molecule has 4 rings (SSSR count). The maximum Gasteiger partial charge on any atom is 0.265 e.